The number of aliphatic hydroxyl groups is 2. The summed E-state index contributed by atoms with van der Waals surface area (Å²) in [5.74, 6) is -0.462. The molecule has 7 nitrogen and oxygen atoms in total. The molecular formula is C8H15N3O4. The number of β-amino-alcohol motifs (C(OH)–C–C–N with tert-alkyl or cyclic N) is 2. The molecule has 1 aliphatic heterocycles. The minimum absolute atomic E-state index is 0.0124. The Hall–Kier alpha value is -1.18. The van der Waals surface area contributed by atoms with Gasteiger partial charge in [0.05, 0.1) is 18.8 Å². The number of carbonyl (C=O) groups is 2. The van der Waals surface area contributed by atoms with Gasteiger partial charge in [-0.25, -0.2) is 4.79 Å². The van der Waals surface area contributed by atoms with Gasteiger partial charge in [0.2, 0.25) is 5.91 Å². The number of rotatable bonds is 2. The summed E-state index contributed by atoms with van der Waals surface area (Å²) in [7, 11) is 1.41. The number of nitrogens with zero attached hydrogens (tertiary/aromatic N) is 1. The van der Waals surface area contributed by atoms with Crippen molar-refractivity contribution in [3.63, 3.8) is 0 Å². The molecule has 0 radical (unpaired) electrons. The van der Waals surface area contributed by atoms with E-state index in [4.69, 9.17) is 0 Å². The van der Waals surface area contributed by atoms with Crippen molar-refractivity contribution in [1.82, 2.24) is 15.5 Å². The van der Waals surface area contributed by atoms with E-state index in [1.54, 1.807) is 4.90 Å². The molecule has 1 heterocycles. The number of imide groups is 1. The SMILES string of the molecule is CNC(=O)NC(=O)CN1CC(O)C(O)C1. The zero-order valence-electron chi connectivity index (χ0n) is 8.43. The fourth-order valence-corrected chi connectivity index (χ4v) is 1.41. The second kappa shape index (κ2) is 5.06. The molecule has 0 aromatic heterocycles. The Balaban J connectivity index is 2.30. The van der Waals surface area contributed by atoms with Crippen LogP contribution in [0.2, 0.25) is 0 Å². The maximum atomic E-state index is 11.2. The normalized spacial score (nSPS) is 26.3. The van der Waals surface area contributed by atoms with Crippen LogP contribution in [0.15, 0.2) is 0 Å². The van der Waals surface area contributed by atoms with Gasteiger partial charge in [0, 0.05) is 20.1 Å². The minimum Gasteiger partial charge on any atom is -0.389 e. The molecule has 2 unspecified atom stereocenters. The first kappa shape index (κ1) is 11.9. The van der Waals surface area contributed by atoms with Crippen LogP contribution in [-0.2, 0) is 4.79 Å². The number of aliphatic hydroxyl groups excluding tert-OH is 2. The first-order valence-corrected chi connectivity index (χ1v) is 4.63. The number of urea groups is 1. The van der Waals surface area contributed by atoms with Crippen molar-refractivity contribution in [2.45, 2.75) is 12.2 Å². The van der Waals surface area contributed by atoms with E-state index in [2.05, 4.69) is 10.6 Å². The molecule has 1 fully saturated rings. The highest BCUT2D eigenvalue weighted by molar-refractivity contribution is 5.95. The average Bonchev–Trinajstić information content (AvgIpc) is 2.45. The van der Waals surface area contributed by atoms with Crippen LogP contribution in [0.4, 0.5) is 4.79 Å². The van der Waals surface area contributed by atoms with Crippen molar-refractivity contribution >= 4 is 11.9 Å². The average molecular weight is 217 g/mol. The molecule has 0 aromatic carbocycles. The summed E-state index contributed by atoms with van der Waals surface area (Å²) in [5, 5.41) is 22.8. The van der Waals surface area contributed by atoms with E-state index in [-0.39, 0.29) is 19.6 Å². The second-order valence-corrected chi connectivity index (χ2v) is 3.46. The molecule has 0 aromatic rings. The molecule has 2 atom stereocenters. The van der Waals surface area contributed by atoms with Gasteiger partial charge in [0.1, 0.15) is 0 Å². The Bertz CT molecular complexity index is 248. The number of likely N-dealkylation sites (tertiary alicyclic amines) is 1. The van der Waals surface area contributed by atoms with Crippen molar-refractivity contribution in [1.29, 1.82) is 0 Å². The highest BCUT2D eigenvalue weighted by Crippen LogP contribution is 2.08. The van der Waals surface area contributed by atoms with Crippen LogP contribution in [0.3, 0.4) is 0 Å². The summed E-state index contributed by atoms with van der Waals surface area (Å²) in [4.78, 5) is 23.5. The van der Waals surface area contributed by atoms with Gasteiger partial charge in [-0.1, -0.05) is 0 Å². The Labute approximate surface area is 87.1 Å². The smallest absolute Gasteiger partial charge is 0.321 e. The number of carbonyl (C=O) groups excluding carboxylic acids is 2. The Kier molecular flexibility index (Phi) is 4.01. The van der Waals surface area contributed by atoms with E-state index < -0.39 is 24.1 Å². The van der Waals surface area contributed by atoms with Crippen molar-refractivity contribution < 1.29 is 19.8 Å². The lowest BCUT2D eigenvalue weighted by Gasteiger charge is -2.13. The van der Waals surface area contributed by atoms with Crippen LogP contribution < -0.4 is 10.6 Å². The fraction of sp³-hybridized carbons (Fsp3) is 0.750. The fourth-order valence-electron chi connectivity index (χ4n) is 1.41. The monoisotopic (exact) mass is 217 g/mol. The molecular weight excluding hydrogens is 202 g/mol. The van der Waals surface area contributed by atoms with Crippen molar-refractivity contribution in [3.05, 3.63) is 0 Å². The van der Waals surface area contributed by atoms with Gasteiger partial charge < -0.3 is 15.5 Å². The summed E-state index contributed by atoms with van der Waals surface area (Å²) in [6.45, 7) is 0.464. The predicted octanol–water partition coefficient (Wildman–Crippen LogP) is -2.52. The largest absolute Gasteiger partial charge is 0.389 e. The van der Waals surface area contributed by atoms with Gasteiger partial charge in [-0.05, 0) is 0 Å². The van der Waals surface area contributed by atoms with Crippen molar-refractivity contribution in [2.75, 3.05) is 26.7 Å². The zero-order valence-corrected chi connectivity index (χ0v) is 8.43. The van der Waals surface area contributed by atoms with E-state index in [0.29, 0.717) is 0 Å². The third kappa shape index (κ3) is 3.46. The third-order valence-electron chi connectivity index (χ3n) is 2.18. The molecule has 0 saturated carbocycles. The second-order valence-electron chi connectivity index (χ2n) is 3.46. The molecule has 1 saturated heterocycles. The molecule has 0 aliphatic carbocycles. The maximum absolute atomic E-state index is 11.2. The van der Waals surface area contributed by atoms with Gasteiger partial charge in [0.25, 0.3) is 0 Å². The predicted molar refractivity (Wildman–Crippen MR) is 51.1 cm³/mol. The van der Waals surface area contributed by atoms with Crippen LogP contribution >= 0.6 is 0 Å². The van der Waals surface area contributed by atoms with Gasteiger partial charge in [-0.2, -0.15) is 0 Å². The van der Waals surface area contributed by atoms with E-state index in [1.165, 1.54) is 7.05 Å². The van der Waals surface area contributed by atoms with Crippen LogP contribution in [0.5, 0.6) is 0 Å². The minimum atomic E-state index is -0.821. The molecule has 0 bridgehead atoms. The first-order chi connectivity index (χ1) is 7.02. The summed E-state index contributed by atoms with van der Waals surface area (Å²) >= 11 is 0. The molecule has 15 heavy (non-hydrogen) atoms. The van der Waals surface area contributed by atoms with Gasteiger partial charge >= 0.3 is 6.03 Å². The lowest BCUT2D eigenvalue weighted by atomic mass is 10.3. The summed E-state index contributed by atoms with van der Waals surface area (Å²) in [6.07, 6.45) is -1.64. The number of hydrogen-bond acceptors (Lipinski definition) is 5. The zero-order chi connectivity index (χ0) is 11.4. The van der Waals surface area contributed by atoms with Crippen LogP contribution in [-0.4, -0.2) is 65.9 Å². The van der Waals surface area contributed by atoms with Crippen molar-refractivity contribution in [3.8, 4) is 0 Å². The standard InChI is InChI=1S/C8H15N3O4/c1-9-8(15)10-7(14)4-11-2-5(12)6(13)3-11/h5-6,12-13H,2-4H2,1H3,(H2,9,10,14,15). The van der Waals surface area contributed by atoms with E-state index in [1.807, 2.05) is 0 Å². The first-order valence-electron chi connectivity index (χ1n) is 4.63. The molecule has 1 aliphatic rings. The van der Waals surface area contributed by atoms with Gasteiger partial charge in [-0.15, -0.1) is 0 Å². The highest BCUT2D eigenvalue weighted by Gasteiger charge is 2.30. The number of hydrogen-bond donors (Lipinski definition) is 4. The summed E-state index contributed by atoms with van der Waals surface area (Å²) < 4.78 is 0. The third-order valence-corrected chi connectivity index (χ3v) is 2.18. The summed E-state index contributed by atoms with van der Waals surface area (Å²) in [5.41, 5.74) is 0. The Morgan fingerprint density at radius 2 is 1.87 bits per heavy atom. The Morgan fingerprint density at radius 1 is 1.33 bits per heavy atom. The van der Waals surface area contributed by atoms with E-state index in [9.17, 15) is 19.8 Å². The Morgan fingerprint density at radius 3 is 2.33 bits per heavy atom. The lowest BCUT2D eigenvalue weighted by Crippen LogP contribution is -2.43. The lowest BCUT2D eigenvalue weighted by molar-refractivity contribution is -0.121. The molecule has 3 amide bonds. The molecule has 4 N–H and O–H groups in total. The van der Waals surface area contributed by atoms with E-state index in [0.717, 1.165) is 0 Å². The quantitative estimate of drug-likeness (QED) is 0.409. The number of nitrogens with one attached hydrogen (secondary N) is 2. The van der Waals surface area contributed by atoms with Crippen LogP contribution in [0, 0.1) is 0 Å². The van der Waals surface area contributed by atoms with Gasteiger partial charge in [-0.3, -0.25) is 15.0 Å². The molecule has 0 spiro atoms. The van der Waals surface area contributed by atoms with Crippen LogP contribution in [0.1, 0.15) is 0 Å². The van der Waals surface area contributed by atoms with Crippen LogP contribution in [0.25, 0.3) is 0 Å². The van der Waals surface area contributed by atoms with E-state index >= 15 is 0 Å². The van der Waals surface area contributed by atoms with Gasteiger partial charge in [0.15, 0.2) is 0 Å². The highest BCUT2D eigenvalue weighted by atomic mass is 16.3. The summed E-state index contributed by atoms with van der Waals surface area (Å²) in [6, 6.07) is -0.569. The molecule has 86 valence electrons. The number of amides is 3. The molecule has 7 heteroatoms. The van der Waals surface area contributed by atoms with Crippen molar-refractivity contribution in [2.24, 2.45) is 0 Å². The maximum Gasteiger partial charge on any atom is 0.321 e. The topological polar surface area (TPSA) is 102 Å². The molecule has 1 rings (SSSR count).